The molecule has 0 saturated carbocycles. The summed E-state index contributed by atoms with van der Waals surface area (Å²) in [5.41, 5.74) is 2.14. The van der Waals surface area contributed by atoms with Crippen molar-refractivity contribution >= 4 is 17.6 Å². The van der Waals surface area contributed by atoms with Gasteiger partial charge in [-0.15, -0.1) is 0 Å². The van der Waals surface area contributed by atoms with Crippen LogP contribution in [0.25, 0.3) is 0 Å². The molecule has 1 heterocycles. The third kappa shape index (κ3) is 3.61. The van der Waals surface area contributed by atoms with Crippen molar-refractivity contribution in [2.75, 3.05) is 24.5 Å². The van der Waals surface area contributed by atoms with Crippen molar-refractivity contribution in [1.82, 2.24) is 4.90 Å². The second-order valence-electron chi connectivity index (χ2n) is 5.55. The summed E-state index contributed by atoms with van der Waals surface area (Å²) in [6.07, 6.45) is 1.68. The van der Waals surface area contributed by atoms with Crippen LogP contribution in [0.5, 0.6) is 0 Å². The first kappa shape index (κ1) is 15.5. The topological polar surface area (TPSA) is 60.9 Å². The fourth-order valence-corrected chi connectivity index (χ4v) is 2.93. The highest BCUT2D eigenvalue weighted by molar-refractivity contribution is 5.97. The van der Waals surface area contributed by atoms with E-state index in [2.05, 4.69) is 0 Å². The van der Waals surface area contributed by atoms with Crippen molar-refractivity contribution in [1.29, 1.82) is 0 Å². The number of nitrogens with zero attached hydrogens (tertiary/aromatic N) is 2. The van der Waals surface area contributed by atoms with Gasteiger partial charge in [-0.1, -0.05) is 25.1 Å². The number of fused-ring (bicyclic) bond motifs is 1. The molecule has 5 nitrogen and oxygen atoms in total. The fourth-order valence-electron chi connectivity index (χ4n) is 2.93. The number of para-hydroxylation sites is 1. The number of carboxylic acids is 1. The molecule has 1 aromatic rings. The maximum atomic E-state index is 12.6. The number of hydrogen-bond donors (Lipinski definition) is 1. The summed E-state index contributed by atoms with van der Waals surface area (Å²) in [6.45, 7) is 4.68. The zero-order valence-electron chi connectivity index (χ0n) is 12.6. The molecule has 0 aromatic heterocycles. The summed E-state index contributed by atoms with van der Waals surface area (Å²) in [5, 5.41) is 8.93. The van der Waals surface area contributed by atoms with Crippen LogP contribution in [-0.2, 0) is 16.0 Å². The maximum Gasteiger partial charge on any atom is 0.317 e. The summed E-state index contributed by atoms with van der Waals surface area (Å²) >= 11 is 0. The molecule has 2 rings (SSSR count). The third-order valence-corrected chi connectivity index (χ3v) is 3.73. The number of benzene rings is 1. The quantitative estimate of drug-likeness (QED) is 0.867. The van der Waals surface area contributed by atoms with E-state index in [4.69, 9.17) is 5.11 Å². The van der Waals surface area contributed by atoms with Crippen molar-refractivity contribution in [3.8, 4) is 0 Å². The Morgan fingerprint density at radius 1 is 1.33 bits per heavy atom. The lowest BCUT2D eigenvalue weighted by atomic mass is 10.1. The van der Waals surface area contributed by atoms with Crippen molar-refractivity contribution in [3.05, 3.63) is 29.8 Å². The molecule has 21 heavy (non-hydrogen) atoms. The van der Waals surface area contributed by atoms with E-state index in [1.807, 2.05) is 38.1 Å². The Kier molecular flexibility index (Phi) is 4.96. The van der Waals surface area contributed by atoms with Gasteiger partial charge in [-0.25, -0.2) is 0 Å². The second kappa shape index (κ2) is 6.72. The molecule has 1 aliphatic rings. The molecule has 114 valence electrons. The van der Waals surface area contributed by atoms with Crippen LogP contribution in [0.1, 0.15) is 25.8 Å². The first-order valence-corrected chi connectivity index (χ1v) is 7.37. The van der Waals surface area contributed by atoms with Gasteiger partial charge in [0, 0.05) is 11.7 Å². The lowest BCUT2D eigenvalue weighted by Crippen LogP contribution is -2.44. The first-order valence-electron chi connectivity index (χ1n) is 7.37. The molecular formula is C16H22N2O3. The van der Waals surface area contributed by atoms with Crippen LogP contribution >= 0.6 is 0 Å². The van der Waals surface area contributed by atoms with Crippen LogP contribution in [0.2, 0.25) is 0 Å². The highest BCUT2D eigenvalue weighted by Crippen LogP contribution is 2.31. The Labute approximate surface area is 125 Å². The van der Waals surface area contributed by atoms with E-state index >= 15 is 0 Å². The Hall–Kier alpha value is -1.88. The van der Waals surface area contributed by atoms with Gasteiger partial charge in [-0.2, -0.15) is 0 Å². The normalized spacial score (nSPS) is 17.1. The van der Waals surface area contributed by atoms with E-state index < -0.39 is 5.97 Å². The Morgan fingerprint density at radius 3 is 2.71 bits per heavy atom. The van der Waals surface area contributed by atoms with Gasteiger partial charge >= 0.3 is 5.97 Å². The fraction of sp³-hybridized carbons (Fsp3) is 0.500. The number of carbonyl (C=O) groups excluding carboxylic acids is 1. The molecule has 0 fully saturated rings. The summed E-state index contributed by atoms with van der Waals surface area (Å²) in [5.74, 6) is -0.923. The predicted molar refractivity (Wildman–Crippen MR) is 81.5 cm³/mol. The molecule has 1 atom stereocenters. The smallest absolute Gasteiger partial charge is 0.317 e. The molecule has 1 aromatic carbocycles. The number of carboxylic acid groups (broad SMARTS) is 1. The minimum atomic E-state index is -0.897. The van der Waals surface area contributed by atoms with Gasteiger partial charge in [0.1, 0.15) is 0 Å². The standard InChI is InChI=1S/C16H22N2O3/c1-3-8-17(11-16(20)21)10-15(19)18-12(2)9-13-6-4-5-7-14(13)18/h4-7,12H,3,8-11H2,1-2H3,(H,20,21). The summed E-state index contributed by atoms with van der Waals surface area (Å²) in [4.78, 5) is 27.0. The van der Waals surface area contributed by atoms with Crippen LogP contribution in [0.4, 0.5) is 5.69 Å². The zero-order valence-corrected chi connectivity index (χ0v) is 12.6. The minimum absolute atomic E-state index is 0.0258. The molecule has 1 aliphatic heterocycles. The van der Waals surface area contributed by atoms with Gasteiger partial charge in [-0.05, 0) is 37.9 Å². The first-order chi connectivity index (χ1) is 10.0. The molecule has 0 saturated heterocycles. The van der Waals surface area contributed by atoms with Crippen molar-refractivity contribution in [2.24, 2.45) is 0 Å². The minimum Gasteiger partial charge on any atom is -0.480 e. The molecule has 0 radical (unpaired) electrons. The molecule has 0 aliphatic carbocycles. The van der Waals surface area contributed by atoms with E-state index in [0.29, 0.717) is 6.54 Å². The average Bonchev–Trinajstić information content (AvgIpc) is 2.73. The Balaban J connectivity index is 2.10. The number of hydrogen-bond acceptors (Lipinski definition) is 3. The highest BCUT2D eigenvalue weighted by Gasteiger charge is 2.31. The molecule has 0 bridgehead atoms. The zero-order chi connectivity index (χ0) is 15.4. The van der Waals surface area contributed by atoms with Gasteiger partial charge in [0.05, 0.1) is 13.1 Å². The summed E-state index contributed by atoms with van der Waals surface area (Å²) in [7, 11) is 0. The molecule has 1 N–H and O–H groups in total. The van der Waals surface area contributed by atoms with Crippen LogP contribution < -0.4 is 4.90 Å². The van der Waals surface area contributed by atoms with Crippen LogP contribution in [-0.4, -0.2) is 47.6 Å². The second-order valence-corrected chi connectivity index (χ2v) is 5.55. The van der Waals surface area contributed by atoms with E-state index in [9.17, 15) is 9.59 Å². The van der Waals surface area contributed by atoms with Crippen LogP contribution in [0, 0.1) is 0 Å². The average molecular weight is 290 g/mol. The van der Waals surface area contributed by atoms with Gasteiger partial charge in [0.15, 0.2) is 0 Å². The van der Waals surface area contributed by atoms with Crippen molar-refractivity contribution in [2.45, 2.75) is 32.7 Å². The van der Waals surface area contributed by atoms with Gasteiger partial charge < -0.3 is 10.0 Å². The van der Waals surface area contributed by atoms with Crippen LogP contribution in [0.15, 0.2) is 24.3 Å². The van der Waals surface area contributed by atoms with E-state index in [-0.39, 0.29) is 25.0 Å². The molecule has 1 unspecified atom stereocenters. The number of anilines is 1. The maximum absolute atomic E-state index is 12.6. The lowest BCUT2D eigenvalue weighted by molar-refractivity contribution is -0.138. The van der Waals surface area contributed by atoms with Gasteiger partial charge in [-0.3, -0.25) is 14.5 Å². The lowest BCUT2D eigenvalue weighted by Gasteiger charge is -2.26. The van der Waals surface area contributed by atoms with Crippen molar-refractivity contribution in [3.63, 3.8) is 0 Å². The predicted octanol–water partition coefficient (Wildman–Crippen LogP) is 1.76. The molecular weight excluding hydrogens is 268 g/mol. The van der Waals surface area contributed by atoms with E-state index in [0.717, 1.165) is 18.5 Å². The van der Waals surface area contributed by atoms with E-state index in [1.54, 1.807) is 9.80 Å². The largest absolute Gasteiger partial charge is 0.480 e. The Bertz CT molecular complexity index is 530. The third-order valence-electron chi connectivity index (χ3n) is 3.73. The van der Waals surface area contributed by atoms with E-state index in [1.165, 1.54) is 5.56 Å². The number of amides is 1. The summed E-state index contributed by atoms with van der Waals surface area (Å²) < 4.78 is 0. The molecule has 1 amide bonds. The van der Waals surface area contributed by atoms with Crippen molar-refractivity contribution < 1.29 is 14.7 Å². The van der Waals surface area contributed by atoms with Gasteiger partial charge in [0.2, 0.25) is 5.91 Å². The van der Waals surface area contributed by atoms with Crippen LogP contribution in [0.3, 0.4) is 0 Å². The number of carbonyl (C=O) groups is 2. The SMILES string of the molecule is CCCN(CC(=O)O)CC(=O)N1c2ccccc2CC1C. The number of aliphatic carboxylic acids is 1. The highest BCUT2D eigenvalue weighted by atomic mass is 16.4. The number of rotatable bonds is 6. The van der Waals surface area contributed by atoms with Gasteiger partial charge in [0.25, 0.3) is 0 Å². The Morgan fingerprint density at radius 2 is 2.05 bits per heavy atom. The molecule has 5 heteroatoms. The summed E-state index contributed by atoms with van der Waals surface area (Å²) in [6, 6.07) is 8.03. The molecule has 0 spiro atoms. The monoisotopic (exact) mass is 290 g/mol.